The van der Waals surface area contributed by atoms with Crippen LogP contribution in [-0.4, -0.2) is 29.9 Å². The van der Waals surface area contributed by atoms with Crippen molar-refractivity contribution in [1.82, 2.24) is 4.98 Å². The number of halogens is 3. The number of anilines is 3. The van der Waals surface area contributed by atoms with Gasteiger partial charge in [0.05, 0.1) is 11.1 Å². The van der Waals surface area contributed by atoms with E-state index in [0.717, 1.165) is 47.5 Å². The highest BCUT2D eigenvalue weighted by molar-refractivity contribution is 5.98. The van der Waals surface area contributed by atoms with Crippen molar-refractivity contribution in [3.8, 4) is 0 Å². The average molecular weight is 513 g/mol. The molecule has 2 N–H and O–H groups in total. The smallest absolute Gasteiger partial charge is 0.356 e. The predicted molar refractivity (Wildman–Crippen MR) is 140 cm³/mol. The fourth-order valence-electron chi connectivity index (χ4n) is 4.91. The summed E-state index contributed by atoms with van der Waals surface area (Å²) in [6.45, 7) is 8.52. The summed E-state index contributed by atoms with van der Waals surface area (Å²) in [5.74, 6) is 1.29. The molecule has 1 aromatic heterocycles. The number of aryl methyl sites for hydroxylation is 1. The largest absolute Gasteiger partial charge is 0.416 e. The summed E-state index contributed by atoms with van der Waals surface area (Å²) >= 11 is 0. The molecule has 2 amide bonds. The molecule has 2 unspecified atom stereocenters. The molecule has 2 atom stereocenters. The second kappa shape index (κ2) is 10.8. The van der Waals surface area contributed by atoms with Crippen molar-refractivity contribution in [2.75, 3.05) is 28.6 Å². The topological polar surface area (TPSA) is 74.3 Å². The first kappa shape index (κ1) is 26.4. The third-order valence-electron chi connectivity index (χ3n) is 6.53. The first-order chi connectivity index (χ1) is 17.5. The van der Waals surface area contributed by atoms with Crippen molar-refractivity contribution >= 4 is 39.9 Å². The van der Waals surface area contributed by atoms with Crippen LogP contribution in [0.1, 0.15) is 44.2 Å². The van der Waals surface area contributed by atoms with Crippen molar-refractivity contribution in [2.45, 2.75) is 46.2 Å². The van der Waals surface area contributed by atoms with Crippen LogP contribution < -0.4 is 15.5 Å². The van der Waals surface area contributed by atoms with Crippen LogP contribution in [0.5, 0.6) is 0 Å². The van der Waals surface area contributed by atoms with Gasteiger partial charge in [0.25, 0.3) is 0 Å². The molecule has 0 bridgehead atoms. The zero-order valence-corrected chi connectivity index (χ0v) is 21.2. The molecule has 0 spiro atoms. The number of rotatable bonds is 6. The standard InChI is InChI=1S/C28H31F3N4O2/c1-17-11-18(2)16-35(15-17)25-12-19(3)23-14-22(7-8-24(23)34-25)33-27(37)10-9-26(36)32-21-6-4-5-20(13-21)28(29,30)31/h4-8,12-14,17-18H,9-11,15-16H2,1-3H3,(H,32,36)(H,33,37). The van der Waals surface area contributed by atoms with Crippen LogP contribution in [0.15, 0.2) is 48.5 Å². The van der Waals surface area contributed by atoms with Gasteiger partial charge in [-0.25, -0.2) is 4.98 Å². The molecular weight excluding hydrogens is 481 g/mol. The number of piperidine rings is 1. The molecule has 4 rings (SSSR count). The number of nitrogens with one attached hydrogen (secondary N) is 2. The minimum Gasteiger partial charge on any atom is -0.356 e. The summed E-state index contributed by atoms with van der Waals surface area (Å²) in [6, 6.07) is 12.0. The Hall–Kier alpha value is -3.62. The van der Waals surface area contributed by atoms with E-state index in [0.29, 0.717) is 17.5 Å². The van der Waals surface area contributed by atoms with E-state index in [1.165, 1.54) is 18.6 Å². The number of benzene rings is 2. The van der Waals surface area contributed by atoms with Gasteiger partial charge in [0.2, 0.25) is 11.8 Å². The van der Waals surface area contributed by atoms with Gasteiger partial charge in [-0.2, -0.15) is 13.2 Å². The molecule has 1 fully saturated rings. The maximum atomic E-state index is 12.9. The van der Waals surface area contributed by atoms with E-state index >= 15 is 0 Å². The lowest BCUT2D eigenvalue weighted by atomic mass is 9.92. The number of amides is 2. The third-order valence-corrected chi connectivity index (χ3v) is 6.53. The number of pyridine rings is 1. The normalized spacial score (nSPS) is 18.1. The molecule has 6 nitrogen and oxygen atoms in total. The van der Waals surface area contributed by atoms with Gasteiger partial charge in [-0.05, 0) is 73.2 Å². The molecule has 0 saturated carbocycles. The Labute approximate surface area is 214 Å². The third kappa shape index (κ3) is 6.78. The highest BCUT2D eigenvalue weighted by Gasteiger charge is 2.30. The number of alkyl halides is 3. The molecule has 0 aliphatic carbocycles. The SMILES string of the molecule is Cc1cc(N2CC(C)CC(C)C2)nc2ccc(NC(=O)CCC(=O)Nc3cccc(C(F)(F)F)c3)cc12. The van der Waals surface area contributed by atoms with E-state index in [9.17, 15) is 22.8 Å². The molecule has 2 aromatic carbocycles. The van der Waals surface area contributed by atoms with Gasteiger partial charge in [-0.15, -0.1) is 0 Å². The first-order valence-corrected chi connectivity index (χ1v) is 12.4. The highest BCUT2D eigenvalue weighted by Crippen LogP contribution is 2.31. The monoisotopic (exact) mass is 512 g/mol. The van der Waals surface area contributed by atoms with Crippen LogP contribution in [-0.2, 0) is 15.8 Å². The number of fused-ring (bicyclic) bond motifs is 1. The van der Waals surface area contributed by atoms with Crippen LogP contribution >= 0.6 is 0 Å². The van der Waals surface area contributed by atoms with Gasteiger partial charge in [0, 0.05) is 42.7 Å². The number of nitrogens with zero attached hydrogens (tertiary/aromatic N) is 2. The summed E-state index contributed by atoms with van der Waals surface area (Å²) in [5, 5.41) is 6.14. The Bertz CT molecular complexity index is 1300. The van der Waals surface area contributed by atoms with Crippen molar-refractivity contribution in [3.05, 3.63) is 59.7 Å². The fourth-order valence-corrected chi connectivity index (χ4v) is 4.91. The van der Waals surface area contributed by atoms with Crippen LogP contribution in [0.3, 0.4) is 0 Å². The van der Waals surface area contributed by atoms with Gasteiger partial charge < -0.3 is 15.5 Å². The number of aromatic nitrogens is 1. The predicted octanol–water partition coefficient (Wildman–Crippen LogP) is 6.40. The Balaban J connectivity index is 1.36. The van der Waals surface area contributed by atoms with E-state index in [1.54, 1.807) is 6.07 Å². The van der Waals surface area contributed by atoms with Gasteiger partial charge in [-0.3, -0.25) is 9.59 Å². The molecule has 1 aliphatic rings. The zero-order valence-electron chi connectivity index (χ0n) is 21.2. The van der Waals surface area contributed by atoms with Crippen LogP contribution in [0.25, 0.3) is 10.9 Å². The van der Waals surface area contributed by atoms with E-state index in [1.807, 2.05) is 19.1 Å². The molecule has 9 heteroatoms. The molecule has 2 heterocycles. The van der Waals surface area contributed by atoms with Crippen molar-refractivity contribution in [1.29, 1.82) is 0 Å². The van der Waals surface area contributed by atoms with E-state index in [2.05, 4.69) is 35.4 Å². The van der Waals surface area contributed by atoms with Gasteiger partial charge >= 0.3 is 6.18 Å². The molecule has 37 heavy (non-hydrogen) atoms. The molecule has 196 valence electrons. The lowest BCUT2D eigenvalue weighted by Crippen LogP contribution is -2.39. The summed E-state index contributed by atoms with van der Waals surface area (Å²) < 4.78 is 38.6. The van der Waals surface area contributed by atoms with Gasteiger partial charge in [-0.1, -0.05) is 19.9 Å². The molecule has 3 aromatic rings. The zero-order chi connectivity index (χ0) is 26.7. The number of carbonyl (C=O) groups excluding carboxylic acids is 2. The lowest BCUT2D eigenvalue weighted by Gasteiger charge is -2.36. The Kier molecular flexibility index (Phi) is 7.71. The quantitative estimate of drug-likeness (QED) is 0.401. The van der Waals surface area contributed by atoms with Crippen molar-refractivity contribution in [3.63, 3.8) is 0 Å². The lowest BCUT2D eigenvalue weighted by molar-refractivity contribution is -0.137. The minimum absolute atomic E-state index is 0.0329. The maximum absolute atomic E-state index is 12.9. The minimum atomic E-state index is -4.50. The second-order valence-electron chi connectivity index (χ2n) is 10.1. The molecular formula is C28H31F3N4O2. The number of carbonyl (C=O) groups is 2. The van der Waals surface area contributed by atoms with E-state index < -0.39 is 17.6 Å². The molecule has 0 radical (unpaired) electrons. The average Bonchev–Trinajstić information content (AvgIpc) is 2.82. The first-order valence-electron chi connectivity index (χ1n) is 12.4. The summed E-state index contributed by atoms with van der Waals surface area (Å²) in [4.78, 5) is 31.8. The van der Waals surface area contributed by atoms with Crippen LogP contribution in [0.4, 0.5) is 30.4 Å². The summed E-state index contributed by atoms with van der Waals surface area (Å²) in [6.07, 6.45) is -3.55. The highest BCUT2D eigenvalue weighted by atomic mass is 19.4. The number of hydrogen-bond donors (Lipinski definition) is 2. The Morgan fingerprint density at radius 1 is 0.946 bits per heavy atom. The van der Waals surface area contributed by atoms with Gasteiger partial charge in [0.1, 0.15) is 5.82 Å². The maximum Gasteiger partial charge on any atom is 0.416 e. The molecule has 1 saturated heterocycles. The van der Waals surface area contributed by atoms with E-state index in [-0.39, 0.29) is 24.4 Å². The second-order valence-corrected chi connectivity index (χ2v) is 10.1. The van der Waals surface area contributed by atoms with Crippen LogP contribution in [0.2, 0.25) is 0 Å². The summed E-state index contributed by atoms with van der Waals surface area (Å²) in [5.41, 5.74) is 1.68. The fraction of sp³-hybridized carbons (Fsp3) is 0.393. The van der Waals surface area contributed by atoms with Gasteiger partial charge in [0.15, 0.2) is 0 Å². The van der Waals surface area contributed by atoms with E-state index in [4.69, 9.17) is 4.98 Å². The Morgan fingerprint density at radius 2 is 1.57 bits per heavy atom. The molecule has 1 aliphatic heterocycles. The Morgan fingerprint density at radius 3 is 2.19 bits per heavy atom. The van der Waals surface area contributed by atoms with Crippen molar-refractivity contribution in [2.24, 2.45) is 11.8 Å². The summed E-state index contributed by atoms with van der Waals surface area (Å²) in [7, 11) is 0. The van der Waals surface area contributed by atoms with Crippen molar-refractivity contribution < 1.29 is 22.8 Å². The number of hydrogen-bond acceptors (Lipinski definition) is 4. The van der Waals surface area contributed by atoms with Crippen LogP contribution in [0, 0.1) is 18.8 Å².